The minimum atomic E-state index is -0.275. The zero-order valence-corrected chi connectivity index (χ0v) is 9.62. The van der Waals surface area contributed by atoms with Crippen LogP contribution in [0.1, 0.15) is 18.9 Å². The predicted molar refractivity (Wildman–Crippen MR) is 66.4 cm³/mol. The Morgan fingerprint density at radius 3 is 3.12 bits per heavy atom. The van der Waals surface area contributed by atoms with Crippen molar-refractivity contribution >= 4 is 16.9 Å². The van der Waals surface area contributed by atoms with Crippen LogP contribution in [-0.4, -0.2) is 17.6 Å². The topological polar surface area (TPSA) is 42.1 Å². The second kappa shape index (κ2) is 5.22. The number of carbonyl (C=O) groups excluding carboxylic acids is 1. The van der Waals surface area contributed by atoms with Crippen molar-refractivity contribution in [2.75, 3.05) is 6.61 Å². The Bertz CT molecular complexity index is 587. The molecule has 1 N–H and O–H groups in total. The van der Waals surface area contributed by atoms with Crippen LogP contribution in [0.4, 0.5) is 0 Å². The number of aromatic amines is 1. The van der Waals surface area contributed by atoms with Gasteiger partial charge in [0.25, 0.3) is 0 Å². The highest BCUT2D eigenvalue weighted by Crippen LogP contribution is 2.13. The smallest absolute Gasteiger partial charge is 0.317 e. The van der Waals surface area contributed by atoms with Crippen molar-refractivity contribution in [1.82, 2.24) is 4.98 Å². The zero-order valence-electron chi connectivity index (χ0n) is 9.62. The lowest BCUT2D eigenvalue weighted by Crippen LogP contribution is -2.01. The van der Waals surface area contributed by atoms with Gasteiger partial charge in [-0.15, -0.1) is 0 Å². The Labute approximate surface area is 99.8 Å². The third kappa shape index (κ3) is 2.88. The molecule has 0 spiro atoms. The molecule has 3 nitrogen and oxygen atoms in total. The normalized spacial score (nSPS) is 9.71. The number of benzene rings is 1. The fourth-order valence-corrected chi connectivity index (χ4v) is 1.56. The summed E-state index contributed by atoms with van der Waals surface area (Å²) in [5, 5.41) is 1.12. The summed E-state index contributed by atoms with van der Waals surface area (Å²) in [7, 11) is 0. The van der Waals surface area contributed by atoms with Crippen LogP contribution >= 0.6 is 0 Å². The lowest BCUT2D eigenvalue weighted by molar-refractivity contribution is -0.141. The van der Waals surface area contributed by atoms with E-state index >= 15 is 0 Å². The molecule has 0 aliphatic heterocycles. The number of hydrogen-bond acceptors (Lipinski definition) is 2. The molecule has 17 heavy (non-hydrogen) atoms. The average molecular weight is 227 g/mol. The Morgan fingerprint density at radius 1 is 1.41 bits per heavy atom. The number of esters is 1. The van der Waals surface area contributed by atoms with Crippen molar-refractivity contribution in [2.45, 2.75) is 13.3 Å². The number of aromatic nitrogens is 1. The van der Waals surface area contributed by atoms with Crippen LogP contribution in [0.2, 0.25) is 0 Å². The molecule has 0 aliphatic carbocycles. The minimum Gasteiger partial charge on any atom is -0.465 e. The van der Waals surface area contributed by atoms with E-state index in [1.165, 1.54) is 0 Å². The number of carbonyl (C=O) groups is 1. The fourth-order valence-electron chi connectivity index (χ4n) is 1.56. The highest BCUT2D eigenvalue weighted by atomic mass is 16.5. The van der Waals surface area contributed by atoms with Gasteiger partial charge in [0, 0.05) is 22.7 Å². The summed E-state index contributed by atoms with van der Waals surface area (Å²) in [6.45, 7) is 2.18. The number of fused-ring (bicyclic) bond motifs is 1. The molecule has 0 saturated heterocycles. The molecular weight excluding hydrogens is 214 g/mol. The lowest BCUT2D eigenvalue weighted by atomic mass is 10.1. The molecule has 3 heteroatoms. The molecule has 0 amide bonds. The van der Waals surface area contributed by atoms with Crippen molar-refractivity contribution in [3.8, 4) is 11.8 Å². The predicted octanol–water partition coefficient (Wildman–Crippen LogP) is 2.47. The molecule has 0 fully saturated rings. The zero-order chi connectivity index (χ0) is 12.1. The van der Waals surface area contributed by atoms with Crippen molar-refractivity contribution < 1.29 is 9.53 Å². The molecule has 2 aromatic rings. The van der Waals surface area contributed by atoms with E-state index in [0.29, 0.717) is 6.61 Å². The molecule has 86 valence electrons. The molecule has 0 aliphatic rings. The minimum absolute atomic E-state index is 0.138. The van der Waals surface area contributed by atoms with Crippen LogP contribution < -0.4 is 0 Å². The molecule has 0 atom stereocenters. The van der Waals surface area contributed by atoms with Crippen molar-refractivity contribution in [3.63, 3.8) is 0 Å². The second-order valence-electron chi connectivity index (χ2n) is 3.56. The van der Waals surface area contributed by atoms with Crippen LogP contribution in [-0.2, 0) is 9.53 Å². The Hall–Kier alpha value is -2.21. The Morgan fingerprint density at radius 2 is 2.29 bits per heavy atom. The molecule has 1 aromatic carbocycles. The summed E-state index contributed by atoms with van der Waals surface area (Å²) in [4.78, 5) is 14.2. The van der Waals surface area contributed by atoms with Gasteiger partial charge in [-0.1, -0.05) is 11.8 Å². The van der Waals surface area contributed by atoms with Gasteiger partial charge in [0.2, 0.25) is 0 Å². The van der Waals surface area contributed by atoms with Gasteiger partial charge in [0.05, 0.1) is 6.61 Å². The van der Waals surface area contributed by atoms with Crippen LogP contribution in [0.15, 0.2) is 30.5 Å². The summed E-state index contributed by atoms with van der Waals surface area (Å²) in [6.07, 6.45) is 2.03. The number of hydrogen-bond donors (Lipinski definition) is 1. The maximum absolute atomic E-state index is 11.1. The molecule has 2 rings (SSSR count). The van der Waals surface area contributed by atoms with E-state index in [9.17, 15) is 4.79 Å². The summed E-state index contributed by atoms with van der Waals surface area (Å²) >= 11 is 0. The van der Waals surface area contributed by atoms with Crippen LogP contribution in [0.3, 0.4) is 0 Å². The maximum atomic E-state index is 11.1. The molecule has 1 aromatic heterocycles. The average Bonchev–Trinajstić information content (AvgIpc) is 2.76. The first-order chi connectivity index (χ1) is 8.29. The Kier molecular flexibility index (Phi) is 3.46. The summed E-state index contributed by atoms with van der Waals surface area (Å²) in [5.74, 6) is 5.48. The van der Waals surface area contributed by atoms with Crippen molar-refractivity contribution in [1.29, 1.82) is 0 Å². The van der Waals surface area contributed by atoms with E-state index in [1.54, 1.807) is 6.92 Å². The fraction of sp³-hybridized carbons (Fsp3) is 0.214. The second-order valence-corrected chi connectivity index (χ2v) is 3.56. The number of rotatable bonds is 2. The van der Waals surface area contributed by atoms with E-state index in [-0.39, 0.29) is 12.4 Å². The highest BCUT2D eigenvalue weighted by Gasteiger charge is 1.97. The van der Waals surface area contributed by atoms with E-state index in [4.69, 9.17) is 4.74 Å². The largest absolute Gasteiger partial charge is 0.465 e. The SMILES string of the molecule is CCOC(=O)CC#Cc1ccc2[nH]ccc2c1. The van der Waals surface area contributed by atoms with Crippen LogP contribution in [0.5, 0.6) is 0 Å². The molecule has 0 saturated carbocycles. The van der Waals surface area contributed by atoms with E-state index in [1.807, 2.05) is 30.5 Å². The van der Waals surface area contributed by atoms with E-state index < -0.39 is 0 Å². The molecular formula is C14H13NO2. The van der Waals surface area contributed by atoms with Gasteiger partial charge in [0.15, 0.2) is 0 Å². The number of nitrogens with one attached hydrogen (secondary N) is 1. The number of H-pyrrole nitrogens is 1. The van der Waals surface area contributed by atoms with Gasteiger partial charge >= 0.3 is 5.97 Å². The number of ether oxygens (including phenoxy) is 1. The summed E-state index contributed by atoms with van der Waals surface area (Å²) in [6, 6.07) is 7.89. The third-order valence-corrected chi connectivity index (χ3v) is 2.32. The van der Waals surface area contributed by atoms with E-state index in [0.717, 1.165) is 16.5 Å². The van der Waals surface area contributed by atoms with Crippen molar-refractivity contribution in [3.05, 3.63) is 36.0 Å². The van der Waals surface area contributed by atoms with Crippen molar-refractivity contribution in [2.24, 2.45) is 0 Å². The highest BCUT2D eigenvalue weighted by molar-refractivity contribution is 5.81. The Balaban J connectivity index is 2.07. The van der Waals surface area contributed by atoms with Crippen LogP contribution in [0, 0.1) is 11.8 Å². The van der Waals surface area contributed by atoms with Gasteiger partial charge in [-0.05, 0) is 31.2 Å². The molecule has 0 bridgehead atoms. The third-order valence-electron chi connectivity index (χ3n) is 2.32. The summed E-state index contributed by atoms with van der Waals surface area (Å²) < 4.78 is 4.79. The van der Waals surface area contributed by atoms with Gasteiger partial charge in [-0.3, -0.25) is 4.79 Å². The van der Waals surface area contributed by atoms with Gasteiger partial charge in [-0.25, -0.2) is 0 Å². The first-order valence-electron chi connectivity index (χ1n) is 5.51. The first-order valence-corrected chi connectivity index (χ1v) is 5.51. The van der Waals surface area contributed by atoms with E-state index in [2.05, 4.69) is 16.8 Å². The summed E-state index contributed by atoms with van der Waals surface area (Å²) in [5.41, 5.74) is 1.99. The van der Waals surface area contributed by atoms with Gasteiger partial charge in [0.1, 0.15) is 6.42 Å². The quantitative estimate of drug-likeness (QED) is 0.632. The standard InChI is InChI=1S/C14H13NO2/c1-2-17-14(16)5-3-4-11-6-7-13-12(10-11)8-9-15-13/h6-10,15H,2,5H2,1H3. The maximum Gasteiger partial charge on any atom is 0.317 e. The molecule has 0 radical (unpaired) electrons. The van der Waals surface area contributed by atoms with Crippen LogP contribution in [0.25, 0.3) is 10.9 Å². The van der Waals surface area contributed by atoms with Gasteiger partial charge < -0.3 is 9.72 Å². The molecule has 1 heterocycles. The van der Waals surface area contributed by atoms with Gasteiger partial charge in [-0.2, -0.15) is 0 Å². The molecule has 0 unspecified atom stereocenters. The monoisotopic (exact) mass is 227 g/mol. The lowest BCUT2D eigenvalue weighted by Gasteiger charge is -1.95. The first kappa shape index (κ1) is 11.3.